The standard InChI is InChI=1S/C26H33ClN4O3/c1-15-18(11-17-9-10-21(30-13-17)20(14-29-3)16(2)28)12-19(25(34-4)24(15)27)26(33)31-22-7-5-6-8-23(22)32/h9-10,12-14,22-23,28-29,32H,5-8,11H2,1-4H3,(H,31,33)/b20-14+,28-16?/t22-,23-/m0/s1. The number of methoxy groups -OCH3 is 1. The molecule has 8 heteroatoms. The van der Waals surface area contributed by atoms with Crippen molar-refractivity contribution in [1.29, 1.82) is 5.41 Å². The van der Waals surface area contributed by atoms with Crippen molar-refractivity contribution in [2.45, 2.75) is 58.1 Å². The maximum absolute atomic E-state index is 13.1. The summed E-state index contributed by atoms with van der Waals surface area (Å²) < 4.78 is 5.49. The van der Waals surface area contributed by atoms with Crippen molar-refractivity contribution in [2.75, 3.05) is 14.2 Å². The van der Waals surface area contributed by atoms with Crippen LogP contribution in [0.5, 0.6) is 5.75 Å². The predicted octanol–water partition coefficient (Wildman–Crippen LogP) is 4.28. The number of amides is 1. The number of ether oxygens (including phenoxy) is 1. The maximum Gasteiger partial charge on any atom is 0.255 e. The number of aliphatic hydroxyl groups is 1. The molecule has 0 spiro atoms. The Kier molecular flexibility index (Phi) is 8.69. The van der Waals surface area contributed by atoms with Gasteiger partial charge in [-0.05, 0) is 61.9 Å². The van der Waals surface area contributed by atoms with Crippen molar-refractivity contribution in [3.8, 4) is 5.75 Å². The Morgan fingerprint density at radius 2 is 2.09 bits per heavy atom. The van der Waals surface area contributed by atoms with Gasteiger partial charge in [-0.2, -0.15) is 0 Å². The lowest BCUT2D eigenvalue weighted by molar-refractivity contribution is 0.0715. The second-order valence-corrected chi connectivity index (χ2v) is 9.07. The topological polar surface area (TPSA) is 107 Å². The molecule has 1 amide bonds. The summed E-state index contributed by atoms with van der Waals surface area (Å²) >= 11 is 6.61. The lowest BCUT2D eigenvalue weighted by Crippen LogP contribution is -2.45. The molecule has 1 aromatic carbocycles. The third kappa shape index (κ3) is 5.77. The van der Waals surface area contributed by atoms with Gasteiger partial charge in [0.1, 0.15) is 5.75 Å². The summed E-state index contributed by atoms with van der Waals surface area (Å²) in [6, 6.07) is 5.38. The number of carbonyl (C=O) groups is 1. The van der Waals surface area contributed by atoms with Crippen LogP contribution in [0.3, 0.4) is 0 Å². The molecule has 1 fully saturated rings. The van der Waals surface area contributed by atoms with Gasteiger partial charge in [0.25, 0.3) is 5.91 Å². The van der Waals surface area contributed by atoms with Gasteiger partial charge in [0.2, 0.25) is 0 Å². The minimum Gasteiger partial charge on any atom is -0.494 e. The summed E-state index contributed by atoms with van der Waals surface area (Å²) in [5.41, 5.74) is 4.89. The molecule has 34 heavy (non-hydrogen) atoms. The Hall–Kier alpha value is -2.90. The molecule has 2 atom stereocenters. The molecule has 1 aliphatic carbocycles. The van der Waals surface area contributed by atoms with E-state index in [2.05, 4.69) is 15.6 Å². The summed E-state index contributed by atoms with van der Waals surface area (Å²) in [4.78, 5) is 17.7. The highest BCUT2D eigenvalue weighted by atomic mass is 35.5. The quantitative estimate of drug-likeness (QED) is 0.418. The van der Waals surface area contributed by atoms with Gasteiger partial charge in [-0.3, -0.25) is 9.78 Å². The first-order chi connectivity index (χ1) is 16.3. The van der Waals surface area contributed by atoms with E-state index in [0.717, 1.165) is 41.5 Å². The van der Waals surface area contributed by atoms with Crippen LogP contribution < -0.4 is 15.4 Å². The average Bonchev–Trinajstić information content (AvgIpc) is 2.82. The summed E-state index contributed by atoms with van der Waals surface area (Å²) in [5, 5.41) is 24.5. The second kappa shape index (κ2) is 11.5. The maximum atomic E-state index is 13.1. The lowest BCUT2D eigenvalue weighted by Gasteiger charge is -2.28. The first-order valence-electron chi connectivity index (χ1n) is 11.5. The largest absolute Gasteiger partial charge is 0.494 e. The Balaban J connectivity index is 1.89. The van der Waals surface area contributed by atoms with E-state index in [1.54, 1.807) is 26.4 Å². The molecule has 1 aromatic heterocycles. The fraction of sp³-hybridized carbons (Fsp3) is 0.423. The van der Waals surface area contributed by atoms with E-state index in [1.165, 1.54) is 7.11 Å². The van der Waals surface area contributed by atoms with Gasteiger partial charge in [0.05, 0.1) is 35.5 Å². The van der Waals surface area contributed by atoms with Gasteiger partial charge in [-0.1, -0.05) is 30.5 Å². The van der Waals surface area contributed by atoms with Gasteiger partial charge in [-0.15, -0.1) is 0 Å². The van der Waals surface area contributed by atoms with Crippen LogP contribution >= 0.6 is 11.6 Å². The molecule has 1 heterocycles. The third-order valence-electron chi connectivity index (χ3n) is 6.26. The van der Waals surface area contributed by atoms with Crippen LogP contribution in [0.15, 0.2) is 30.6 Å². The second-order valence-electron chi connectivity index (χ2n) is 8.69. The Labute approximate surface area is 206 Å². The minimum absolute atomic E-state index is 0.275. The molecular formula is C26H33ClN4O3. The number of halogens is 1. The number of aliphatic hydroxyl groups excluding tert-OH is 1. The highest BCUT2D eigenvalue weighted by molar-refractivity contribution is 6.33. The van der Waals surface area contributed by atoms with Crippen LogP contribution in [0.4, 0.5) is 0 Å². The molecule has 0 aliphatic heterocycles. The van der Waals surface area contributed by atoms with Gasteiger partial charge >= 0.3 is 0 Å². The van der Waals surface area contributed by atoms with Crippen molar-refractivity contribution in [2.24, 2.45) is 0 Å². The lowest BCUT2D eigenvalue weighted by atomic mass is 9.92. The number of rotatable bonds is 8. The molecular weight excluding hydrogens is 452 g/mol. The fourth-order valence-corrected chi connectivity index (χ4v) is 4.58. The summed E-state index contributed by atoms with van der Waals surface area (Å²) in [5.74, 6) is 0.0326. The molecule has 1 saturated carbocycles. The zero-order valence-corrected chi connectivity index (χ0v) is 20.9. The molecule has 7 nitrogen and oxygen atoms in total. The van der Waals surface area contributed by atoms with Crippen LogP contribution in [0.2, 0.25) is 5.02 Å². The normalized spacial score (nSPS) is 18.4. The smallest absolute Gasteiger partial charge is 0.255 e. The molecule has 1 aliphatic rings. The van der Waals surface area contributed by atoms with E-state index in [9.17, 15) is 9.90 Å². The number of pyridine rings is 1. The SMILES string of the molecule is CN/C=C(\C(C)=N)c1ccc(Cc2cc(C(=O)N[C@H]3CCCC[C@@H]3O)c(OC)c(Cl)c2C)cn1. The van der Waals surface area contributed by atoms with Crippen molar-refractivity contribution in [3.63, 3.8) is 0 Å². The van der Waals surface area contributed by atoms with E-state index in [0.29, 0.717) is 40.6 Å². The molecule has 3 rings (SSSR count). The molecule has 2 aromatic rings. The summed E-state index contributed by atoms with van der Waals surface area (Å²) in [6.07, 6.45) is 6.90. The fourth-order valence-electron chi connectivity index (χ4n) is 4.28. The van der Waals surface area contributed by atoms with Crippen molar-refractivity contribution >= 4 is 28.8 Å². The number of allylic oxidation sites excluding steroid dienone is 1. The van der Waals surface area contributed by atoms with Crippen LogP contribution in [-0.2, 0) is 6.42 Å². The molecule has 182 valence electrons. The van der Waals surface area contributed by atoms with E-state index in [1.807, 2.05) is 25.1 Å². The van der Waals surface area contributed by atoms with Gasteiger partial charge in [-0.25, -0.2) is 0 Å². The predicted molar refractivity (Wildman–Crippen MR) is 136 cm³/mol. The monoisotopic (exact) mass is 484 g/mol. The van der Waals surface area contributed by atoms with Crippen LogP contribution in [0, 0.1) is 12.3 Å². The number of benzene rings is 1. The zero-order valence-electron chi connectivity index (χ0n) is 20.2. The molecule has 0 radical (unpaired) electrons. The van der Waals surface area contributed by atoms with Crippen LogP contribution in [0.1, 0.15) is 65.3 Å². The van der Waals surface area contributed by atoms with E-state index in [-0.39, 0.29) is 11.9 Å². The number of hydrogen-bond acceptors (Lipinski definition) is 6. The minimum atomic E-state index is -0.542. The number of nitrogens with one attached hydrogen (secondary N) is 3. The van der Waals surface area contributed by atoms with Crippen LogP contribution in [0.25, 0.3) is 5.57 Å². The number of aromatic nitrogens is 1. The Bertz CT molecular complexity index is 1080. The molecule has 0 saturated heterocycles. The number of nitrogens with zero attached hydrogens (tertiary/aromatic N) is 1. The Morgan fingerprint density at radius 3 is 2.68 bits per heavy atom. The number of carbonyl (C=O) groups excluding carboxylic acids is 1. The third-order valence-corrected chi connectivity index (χ3v) is 6.71. The van der Waals surface area contributed by atoms with Crippen molar-refractivity contribution in [3.05, 3.63) is 63.6 Å². The van der Waals surface area contributed by atoms with E-state index < -0.39 is 6.10 Å². The van der Waals surface area contributed by atoms with Crippen molar-refractivity contribution < 1.29 is 14.6 Å². The zero-order chi connectivity index (χ0) is 24.8. The highest BCUT2D eigenvalue weighted by Gasteiger charge is 2.27. The molecule has 0 unspecified atom stereocenters. The summed E-state index contributed by atoms with van der Waals surface area (Å²) in [6.45, 7) is 3.63. The van der Waals surface area contributed by atoms with E-state index >= 15 is 0 Å². The van der Waals surface area contributed by atoms with Gasteiger partial charge in [0, 0.05) is 30.7 Å². The number of hydrogen-bond donors (Lipinski definition) is 4. The van der Waals surface area contributed by atoms with E-state index in [4.69, 9.17) is 21.7 Å². The first-order valence-corrected chi connectivity index (χ1v) is 11.9. The Morgan fingerprint density at radius 1 is 1.35 bits per heavy atom. The van der Waals surface area contributed by atoms with Crippen LogP contribution in [-0.4, -0.2) is 48.0 Å². The molecule has 0 bridgehead atoms. The van der Waals surface area contributed by atoms with Crippen molar-refractivity contribution in [1.82, 2.24) is 15.6 Å². The summed E-state index contributed by atoms with van der Waals surface area (Å²) in [7, 11) is 3.28. The first kappa shape index (κ1) is 25.7. The highest BCUT2D eigenvalue weighted by Crippen LogP contribution is 2.35. The molecule has 4 N–H and O–H groups in total. The van der Waals surface area contributed by atoms with Gasteiger partial charge < -0.3 is 25.9 Å². The average molecular weight is 485 g/mol. The van der Waals surface area contributed by atoms with Gasteiger partial charge in [0.15, 0.2) is 0 Å².